The molecule has 1 amide bonds. The Morgan fingerprint density at radius 2 is 2.00 bits per heavy atom. The van der Waals surface area contributed by atoms with Gasteiger partial charge in [0.1, 0.15) is 0 Å². The molecule has 0 spiro atoms. The van der Waals surface area contributed by atoms with Gasteiger partial charge in [-0.3, -0.25) is 4.79 Å². The Labute approximate surface area is 129 Å². The van der Waals surface area contributed by atoms with Crippen LogP contribution in [0.25, 0.3) is 10.1 Å². The molecule has 1 aromatic carbocycles. The zero-order valence-corrected chi connectivity index (χ0v) is 13.4. The number of carbonyl (C=O) groups excluding carboxylic acids is 1. The number of nitrogen functional groups attached to an aromatic ring is 1. The van der Waals surface area contributed by atoms with Crippen LogP contribution in [0.5, 0.6) is 0 Å². The minimum Gasteiger partial charge on any atom is -0.399 e. The van der Waals surface area contributed by atoms with Gasteiger partial charge in [-0.15, -0.1) is 11.3 Å². The van der Waals surface area contributed by atoms with E-state index in [1.807, 2.05) is 24.3 Å². The fraction of sp³-hybridized carbons (Fsp3) is 0.471. The van der Waals surface area contributed by atoms with Crippen LogP contribution < -0.4 is 11.1 Å². The van der Waals surface area contributed by atoms with Gasteiger partial charge in [0.15, 0.2) is 0 Å². The second-order valence-electron chi connectivity index (χ2n) is 6.82. The van der Waals surface area contributed by atoms with Gasteiger partial charge in [-0.05, 0) is 60.7 Å². The Kier molecular flexibility index (Phi) is 3.66. The summed E-state index contributed by atoms with van der Waals surface area (Å²) >= 11 is 1.53. The Morgan fingerprint density at radius 3 is 2.71 bits per heavy atom. The van der Waals surface area contributed by atoms with Gasteiger partial charge >= 0.3 is 0 Å². The van der Waals surface area contributed by atoms with Gasteiger partial charge in [-0.25, -0.2) is 0 Å². The largest absolute Gasteiger partial charge is 0.399 e. The van der Waals surface area contributed by atoms with Crippen molar-refractivity contribution in [2.45, 2.75) is 45.6 Å². The van der Waals surface area contributed by atoms with Crippen molar-refractivity contribution in [1.82, 2.24) is 5.32 Å². The number of hydrogen-bond acceptors (Lipinski definition) is 3. The average molecular weight is 302 g/mol. The first-order chi connectivity index (χ1) is 9.93. The van der Waals surface area contributed by atoms with Crippen LogP contribution in [0.1, 0.15) is 49.2 Å². The van der Waals surface area contributed by atoms with Gasteiger partial charge in [-0.1, -0.05) is 13.8 Å². The quantitative estimate of drug-likeness (QED) is 0.818. The smallest absolute Gasteiger partial charge is 0.261 e. The van der Waals surface area contributed by atoms with E-state index in [0.29, 0.717) is 11.5 Å². The Balaban J connectivity index is 1.69. The summed E-state index contributed by atoms with van der Waals surface area (Å²) in [5, 5.41) is 4.24. The van der Waals surface area contributed by atoms with Gasteiger partial charge in [0.2, 0.25) is 0 Å². The van der Waals surface area contributed by atoms with Crippen LogP contribution in [-0.4, -0.2) is 11.9 Å². The minimum absolute atomic E-state index is 0.0551. The molecule has 1 saturated carbocycles. The maximum absolute atomic E-state index is 12.4. The van der Waals surface area contributed by atoms with Crippen molar-refractivity contribution in [3.8, 4) is 0 Å². The van der Waals surface area contributed by atoms with Gasteiger partial charge in [-0.2, -0.15) is 0 Å². The van der Waals surface area contributed by atoms with Crippen LogP contribution in [0.2, 0.25) is 0 Å². The summed E-state index contributed by atoms with van der Waals surface area (Å²) in [7, 11) is 0. The summed E-state index contributed by atoms with van der Waals surface area (Å²) in [6.45, 7) is 4.61. The molecule has 2 aromatic rings. The highest BCUT2D eigenvalue weighted by atomic mass is 32.1. The van der Waals surface area contributed by atoms with E-state index in [-0.39, 0.29) is 5.91 Å². The average Bonchev–Trinajstić information content (AvgIpc) is 2.84. The van der Waals surface area contributed by atoms with E-state index in [2.05, 4.69) is 19.2 Å². The fourth-order valence-electron chi connectivity index (χ4n) is 2.97. The highest BCUT2D eigenvalue weighted by Crippen LogP contribution is 2.35. The normalized spacial score (nSPS) is 18.8. The van der Waals surface area contributed by atoms with E-state index >= 15 is 0 Å². The first-order valence-corrected chi connectivity index (χ1v) is 8.35. The second-order valence-corrected chi connectivity index (χ2v) is 7.90. The number of hydrogen-bond donors (Lipinski definition) is 2. The maximum Gasteiger partial charge on any atom is 0.261 e. The lowest BCUT2D eigenvalue weighted by Crippen LogP contribution is -2.38. The number of fused-ring (bicyclic) bond motifs is 1. The monoisotopic (exact) mass is 302 g/mol. The molecule has 112 valence electrons. The number of nitrogens with two attached hydrogens (primary N) is 1. The van der Waals surface area contributed by atoms with Gasteiger partial charge in [0.05, 0.1) is 4.88 Å². The first-order valence-electron chi connectivity index (χ1n) is 7.53. The summed E-state index contributed by atoms with van der Waals surface area (Å²) in [4.78, 5) is 13.2. The lowest BCUT2D eigenvalue weighted by molar-refractivity contribution is 0.0913. The number of thiophene rings is 1. The zero-order chi connectivity index (χ0) is 15.0. The fourth-order valence-corrected chi connectivity index (χ4v) is 3.92. The van der Waals surface area contributed by atoms with Crippen LogP contribution >= 0.6 is 11.3 Å². The number of carbonyl (C=O) groups is 1. The van der Waals surface area contributed by atoms with E-state index in [1.165, 1.54) is 24.2 Å². The number of amides is 1. The number of benzene rings is 1. The van der Waals surface area contributed by atoms with Crippen LogP contribution in [0, 0.1) is 5.41 Å². The molecule has 21 heavy (non-hydrogen) atoms. The van der Waals surface area contributed by atoms with Gasteiger partial charge < -0.3 is 11.1 Å². The number of anilines is 1. The number of rotatable bonds is 2. The molecule has 0 atom stereocenters. The Bertz CT molecular complexity index is 664. The van der Waals surface area contributed by atoms with Crippen LogP contribution in [0.4, 0.5) is 5.69 Å². The molecule has 1 aromatic heterocycles. The lowest BCUT2D eigenvalue weighted by atomic mass is 9.75. The second kappa shape index (κ2) is 5.34. The lowest BCUT2D eigenvalue weighted by Gasteiger charge is -2.34. The van der Waals surface area contributed by atoms with Crippen molar-refractivity contribution in [3.05, 3.63) is 29.1 Å². The highest BCUT2D eigenvalue weighted by molar-refractivity contribution is 7.20. The van der Waals surface area contributed by atoms with Crippen molar-refractivity contribution in [2.75, 3.05) is 5.73 Å². The predicted molar refractivity (Wildman–Crippen MR) is 89.7 cm³/mol. The SMILES string of the molecule is CC1(C)CCC(NC(=O)c2cc3cc(N)ccc3s2)CC1. The van der Waals surface area contributed by atoms with Gasteiger partial charge in [0, 0.05) is 16.4 Å². The molecule has 3 nitrogen and oxygen atoms in total. The molecule has 0 unspecified atom stereocenters. The maximum atomic E-state index is 12.4. The summed E-state index contributed by atoms with van der Waals surface area (Å²) in [6.07, 6.45) is 4.52. The van der Waals surface area contributed by atoms with Crippen molar-refractivity contribution in [2.24, 2.45) is 5.41 Å². The highest BCUT2D eigenvalue weighted by Gasteiger charge is 2.27. The number of nitrogens with one attached hydrogen (secondary N) is 1. The predicted octanol–water partition coefficient (Wildman–Crippen LogP) is 4.18. The summed E-state index contributed by atoms with van der Waals surface area (Å²) < 4.78 is 1.11. The molecule has 1 aliphatic carbocycles. The van der Waals surface area contributed by atoms with E-state index in [1.54, 1.807) is 0 Å². The standard InChI is InChI=1S/C17H22N2OS/c1-17(2)7-5-13(6-8-17)19-16(20)15-10-11-9-12(18)3-4-14(11)21-15/h3-4,9-10,13H,5-8,18H2,1-2H3,(H,19,20). The molecule has 3 N–H and O–H groups in total. The van der Waals surface area contributed by atoms with E-state index in [0.717, 1.165) is 33.5 Å². The van der Waals surface area contributed by atoms with E-state index < -0.39 is 0 Å². The molecule has 0 radical (unpaired) electrons. The van der Waals surface area contributed by atoms with Crippen molar-refractivity contribution in [1.29, 1.82) is 0 Å². The van der Waals surface area contributed by atoms with Gasteiger partial charge in [0.25, 0.3) is 5.91 Å². The van der Waals surface area contributed by atoms with Crippen molar-refractivity contribution in [3.63, 3.8) is 0 Å². The molecule has 1 fully saturated rings. The molecule has 0 bridgehead atoms. The molecular weight excluding hydrogens is 280 g/mol. The molecule has 1 heterocycles. The molecule has 0 saturated heterocycles. The molecule has 0 aliphatic heterocycles. The molecule has 3 rings (SSSR count). The zero-order valence-electron chi connectivity index (χ0n) is 12.6. The van der Waals surface area contributed by atoms with Crippen LogP contribution in [0.3, 0.4) is 0 Å². The van der Waals surface area contributed by atoms with Crippen molar-refractivity contribution >= 4 is 33.0 Å². The third-order valence-corrected chi connectivity index (χ3v) is 5.55. The van der Waals surface area contributed by atoms with Crippen LogP contribution in [-0.2, 0) is 0 Å². The first kappa shape index (κ1) is 14.4. The topological polar surface area (TPSA) is 55.1 Å². The summed E-state index contributed by atoms with van der Waals surface area (Å²) in [5.41, 5.74) is 6.95. The summed E-state index contributed by atoms with van der Waals surface area (Å²) in [5.74, 6) is 0.0551. The summed E-state index contributed by atoms with van der Waals surface area (Å²) in [6, 6.07) is 8.05. The van der Waals surface area contributed by atoms with E-state index in [9.17, 15) is 4.79 Å². The Hall–Kier alpha value is -1.55. The minimum atomic E-state index is 0.0551. The Morgan fingerprint density at radius 1 is 1.29 bits per heavy atom. The van der Waals surface area contributed by atoms with Crippen molar-refractivity contribution < 1.29 is 4.79 Å². The third kappa shape index (κ3) is 3.21. The third-order valence-electron chi connectivity index (χ3n) is 4.44. The molecule has 1 aliphatic rings. The molecular formula is C17H22N2OS. The molecule has 4 heteroatoms. The van der Waals surface area contributed by atoms with Crippen LogP contribution in [0.15, 0.2) is 24.3 Å². The van der Waals surface area contributed by atoms with E-state index in [4.69, 9.17) is 5.73 Å².